The van der Waals surface area contributed by atoms with Gasteiger partial charge in [-0.25, -0.2) is 0 Å². The van der Waals surface area contributed by atoms with Crippen LogP contribution in [-0.2, 0) is 0 Å². The van der Waals surface area contributed by atoms with Crippen LogP contribution in [0.1, 0.15) is 11.1 Å². The summed E-state index contributed by atoms with van der Waals surface area (Å²) in [4.78, 5) is 4.37. The van der Waals surface area contributed by atoms with Crippen molar-refractivity contribution in [3.05, 3.63) is 52.0 Å². The van der Waals surface area contributed by atoms with Crippen molar-refractivity contribution in [2.24, 2.45) is 4.99 Å². The number of halogens is 1. The van der Waals surface area contributed by atoms with Gasteiger partial charge in [0.2, 0.25) is 0 Å². The topological polar surface area (TPSA) is 54.6 Å². The van der Waals surface area contributed by atoms with Crippen LogP contribution in [-0.4, -0.2) is 20.4 Å². The van der Waals surface area contributed by atoms with Crippen LogP contribution in [0.25, 0.3) is 0 Å². The maximum Gasteiger partial charge on any atom is 0.136 e. The van der Waals surface area contributed by atoms with E-state index < -0.39 is 0 Å². The average Bonchev–Trinajstić information content (AvgIpc) is 2.53. The molecule has 2 aromatic carbocycles. The molecule has 2 aromatic rings. The van der Waals surface area contributed by atoms with E-state index in [2.05, 4.69) is 27.0 Å². The van der Waals surface area contributed by atoms with E-state index in [1.54, 1.807) is 44.7 Å². The molecule has 0 unspecified atom stereocenters. The Hall–Kier alpha value is -2.32. The van der Waals surface area contributed by atoms with Gasteiger partial charge in [0, 0.05) is 17.8 Å². The first-order chi connectivity index (χ1) is 10.2. The van der Waals surface area contributed by atoms with Gasteiger partial charge < -0.3 is 9.47 Å². The maximum absolute atomic E-state index is 8.88. The van der Waals surface area contributed by atoms with Crippen LogP contribution in [0.3, 0.4) is 0 Å². The zero-order valence-electron chi connectivity index (χ0n) is 11.6. The highest BCUT2D eigenvalue weighted by Gasteiger charge is 2.08. The number of nitriles is 1. The number of hydrogen-bond acceptors (Lipinski definition) is 4. The third-order valence-electron chi connectivity index (χ3n) is 2.83. The van der Waals surface area contributed by atoms with Crippen LogP contribution < -0.4 is 9.47 Å². The molecule has 0 fully saturated rings. The Labute approximate surface area is 131 Å². The molecule has 0 amide bonds. The Morgan fingerprint density at radius 3 is 2.57 bits per heavy atom. The minimum atomic E-state index is 0.576. The van der Waals surface area contributed by atoms with Crippen LogP contribution in [0.2, 0.25) is 0 Å². The second kappa shape index (κ2) is 6.91. The molecule has 0 saturated carbocycles. The van der Waals surface area contributed by atoms with Gasteiger partial charge in [-0.1, -0.05) is 6.07 Å². The van der Waals surface area contributed by atoms with Crippen molar-refractivity contribution in [2.45, 2.75) is 0 Å². The lowest BCUT2D eigenvalue weighted by molar-refractivity contribution is 0.392. The first-order valence-electron chi connectivity index (χ1n) is 6.13. The molecule has 0 heterocycles. The lowest BCUT2D eigenvalue weighted by Crippen LogP contribution is -1.93. The van der Waals surface area contributed by atoms with Gasteiger partial charge in [0.15, 0.2) is 0 Å². The van der Waals surface area contributed by atoms with E-state index in [4.69, 9.17) is 14.7 Å². The molecule has 0 spiro atoms. The summed E-state index contributed by atoms with van der Waals surface area (Å²) in [5.41, 5.74) is 2.10. The van der Waals surface area contributed by atoms with Crippen LogP contribution in [0, 0.1) is 11.3 Å². The fourth-order valence-corrected chi connectivity index (χ4v) is 2.31. The molecule has 4 nitrogen and oxygen atoms in total. The molecular formula is C16H13BrN2O2. The van der Waals surface area contributed by atoms with E-state index in [1.807, 2.05) is 12.1 Å². The van der Waals surface area contributed by atoms with Crippen LogP contribution in [0.4, 0.5) is 5.69 Å². The normalized spacial score (nSPS) is 10.4. The monoisotopic (exact) mass is 344 g/mol. The zero-order valence-corrected chi connectivity index (χ0v) is 13.2. The number of nitrogens with zero attached hydrogens (tertiary/aromatic N) is 2. The average molecular weight is 345 g/mol. The number of benzene rings is 2. The number of hydrogen-bond donors (Lipinski definition) is 0. The highest BCUT2D eigenvalue weighted by molar-refractivity contribution is 9.10. The second-order valence-electron chi connectivity index (χ2n) is 4.15. The fourth-order valence-electron chi connectivity index (χ4n) is 1.78. The van der Waals surface area contributed by atoms with Gasteiger partial charge in [-0.2, -0.15) is 5.26 Å². The van der Waals surface area contributed by atoms with E-state index >= 15 is 0 Å². The molecule has 0 saturated heterocycles. The predicted octanol–water partition coefficient (Wildman–Crippen LogP) is 4.09. The van der Waals surface area contributed by atoms with E-state index in [0.717, 1.165) is 10.0 Å². The summed E-state index contributed by atoms with van der Waals surface area (Å²) in [7, 11) is 3.19. The van der Waals surface area contributed by atoms with Crippen molar-refractivity contribution in [3.63, 3.8) is 0 Å². The highest BCUT2D eigenvalue weighted by atomic mass is 79.9. The number of aliphatic imine (C=N–C) groups is 1. The Bertz CT molecular complexity index is 721. The fraction of sp³-hybridized carbons (Fsp3) is 0.125. The predicted molar refractivity (Wildman–Crippen MR) is 85.7 cm³/mol. The second-order valence-corrected chi connectivity index (χ2v) is 5.00. The lowest BCUT2D eigenvalue weighted by atomic mass is 10.2. The largest absolute Gasteiger partial charge is 0.496 e. The molecule has 0 N–H and O–H groups in total. The zero-order chi connectivity index (χ0) is 15.2. The molecule has 0 aliphatic rings. The smallest absolute Gasteiger partial charge is 0.136 e. The van der Waals surface area contributed by atoms with Crippen LogP contribution >= 0.6 is 15.9 Å². The van der Waals surface area contributed by atoms with E-state index in [9.17, 15) is 0 Å². The van der Waals surface area contributed by atoms with E-state index in [-0.39, 0.29) is 0 Å². The third kappa shape index (κ3) is 3.61. The Balaban J connectivity index is 2.36. The quantitative estimate of drug-likeness (QED) is 0.785. The summed E-state index contributed by atoms with van der Waals surface area (Å²) in [6.45, 7) is 0. The molecular weight excluding hydrogens is 332 g/mol. The third-order valence-corrected chi connectivity index (χ3v) is 3.45. The Kier molecular flexibility index (Phi) is 4.96. The molecule has 2 rings (SSSR count). The highest BCUT2D eigenvalue weighted by Crippen LogP contribution is 2.32. The summed E-state index contributed by atoms with van der Waals surface area (Å²) >= 11 is 3.43. The standard InChI is InChI=1S/C16H13BrN2O2/c1-20-15-8-16(21-2)14(17)7-12(15)10-19-13-5-3-4-11(6-13)9-18/h3-8,10H,1-2H3. The van der Waals surface area contributed by atoms with Crippen molar-refractivity contribution in [3.8, 4) is 17.6 Å². The Morgan fingerprint density at radius 2 is 1.90 bits per heavy atom. The molecule has 5 heteroatoms. The minimum absolute atomic E-state index is 0.576. The van der Waals surface area contributed by atoms with Gasteiger partial charge in [0.25, 0.3) is 0 Å². The first-order valence-corrected chi connectivity index (χ1v) is 6.93. The van der Waals surface area contributed by atoms with Crippen molar-refractivity contribution in [1.82, 2.24) is 0 Å². The lowest BCUT2D eigenvalue weighted by Gasteiger charge is -2.09. The Morgan fingerprint density at radius 1 is 1.14 bits per heavy atom. The van der Waals surface area contributed by atoms with Crippen LogP contribution in [0.15, 0.2) is 45.9 Å². The maximum atomic E-state index is 8.88. The molecule has 0 aliphatic carbocycles. The van der Waals surface area contributed by atoms with Crippen molar-refractivity contribution < 1.29 is 9.47 Å². The molecule has 21 heavy (non-hydrogen) atoms. The molecule has 106 valence electrons. The van der Waals surface area contributed by atoms with Gasteiger partial charge in [-0.15, -0.1) is 0 Å². The SMILES string of the molecule is COc1cc(OC)c(C=Nc2cccc(C#N)c2)cc1Br. The van der Waals surface area contributed by atoms with Gasteiger partial charge in [-0.3, -0.25) is 4.99 Å². The van der Waals surface area contributed by atoms with Gasteiger partial charge in [0.1, 0.15) is 11.5 Å². The van der Waals surface area contributed by atoms with Gasteiger partial charge in [0.05, 0.1) is 36.0 Å². The number of ether oxygens (including phenoxy) is 2. The van der Waals surface area contributed by atoms with Gasteiger partial charge in [-0.05, 0) is 40.2 Å². The molecule has 0 aromatic heterocycles. The van der Waals surface area contributed by atoms with Crippen LogP contribution in [0.5, 0.6) is 11.5 Å². The minimum Gasteiger partial charge on any atom is -0.496 e. The number of rotatable bonds is 4. The molecule has 0 radical (unpaired) electrons. The molecule has 0 aliphatic heterocycles. The molecule has 0 bridgehead atoms. The summed E-state index contributed by atoms with van der Waals surface area (Å²) in [5, 5.41) is 8.88. The summed E-state index contributed by atoms with van der Waals surface area (Å²) in [5.74, 6) is 1.35. The van der Waals surface area contributed by atoms with Crippen molar-refractivity contribution in [1.29, 1.82) is 5.26 Å². The summed E-state index contributed by atoms with van der Waals surface area (Å²) < 4.78 is 11.4. The first kappa shape index (κ1) is 15.1. The summed E-state index contributed by atoms with van der Waals surface area (Å²) in [6.07, 6.45) is 1.69. The van der Waals surface area contributed by atoms with Crippen molar-refractivity contribution in [2.75, 3.05) is 14.2 Å². The van der Waals surface area contributed by atoms with Crippen molar-refractivity contribution >= 4 is 27.8 Å². The molecule has 0 atom stereocenters. The number of methoxy groups -OCH3 is 2. The van der Waals surface area contributed by atoms with E-state index in [0.29, 0.717) is 22.7 Å². The summed E-state index contributed by atoms with van der Waals surface area (Å²) in [6, 6.07) is 12.8. The van der Waals surface area contributed by atoms with E-state index in [1.165, 1.54) is 0 Å². The van der Waals surface area contributed by atoms with Gasteiger partial charge >= 0.3 is 0 Å².